The van der Waals surface area contributed by atoms with Crippen molar-refractivity contribution in [2.24, 2.45) is 7.05 Å². The molecule has 2 heterocycles. The number of rotatable bonds is 7. The quantitative estimate of drug-likeness (QED) is 0.402. The number of pyridine rings is 1. The molecule has 10 heteroatoms. The van der Waals surface area contributed by atoms with Crippen LogP contribution in [-0.4, -0.2) is 34.0 Å². The van der Waals surface area contributed by atoms with Gasteiger partial charge in [-0.15, -0.1) is 0 Å². The molecule has 1 amide bonds. The van der Waals surface area contributed by atoms with E-state index in [0.29, 0.717) is 34.0 Å². The van der Waals surface area contributed by atoms with Gasteiger partial charge in [0, 0.05) is 18.3 Å². The number of aromatic amines is 1. The van der Waals surface area contributed by atoms with Crippen molar-refractivity contribution in [2.45, 2.75) is 13.8 Å². The minimum Gasteiger partial charge on any atom is -0.493 e. The van der Waals surface area contributed by atoms with Gasteiger partial charge in [-0.25, -0.2) is 4.68 Å². The number of benzene rings is 2. The van der Waals surface area contributed by atoms with Gasteiger partial charge in [0.05, 0.1) is 18.5 Å². The number of H-pyrrole nitrogens is 1. The van der Waals surface area contributed by atoms with Crippen LogP contribution in [0.2, 0.25) is 0 Å². The number of para-hydroxylation sites is 1. The molecule has 0 unspecified atom stereocenters. The molecule has 0 saturated carbocycles. The molecule has 37 heavy (non-hydrogen) atoms. The highest BCUT2D eigenvalue weighted by atomic mass is 16.5. The molecule has 0 fully saturated rings. The topological polar surface area (TPSA) is 131 Å². The molecule has 2 aromatic heterocycles. The maximum absolute atomic E-state index is 13.0. The molecule has 0 aliphatic carbocycles. The van der Waals surface area contributed by atoms with E-state index in [-0.39, 0.29) is 29.2 Å². The molecule has 0 saturated heterocycles. The van der Waals surface area contributed by atoms with E-state index < -0.39 is 11.5 Å². The van der Waals surface area contributed by atoms with Crippen molar-refractivity contribution in [1.29, 1.82) is 5.26 Å². The Balaban J connectivity index is 1.54. The van der Waals surface area contributed by atoms with Crippen molar-refractivity contribution in [3.05, 3.63) is 92.3 Å². The van der Waals surface area contributed by atoms with Crippen LogP contribution < -0.4 is 25.9 Å². The number of ether oxygens (including phenoxy) is 2. The molecule has 0 aliphatic rings. The lowest BCUT2D eigenvalue weighted by Gasteiger charge is -2.13. The van der Waals surface area contributed by atoms with Crippen LogP contribution in [0, 0.1) is 25.2 Å². The highest BCUT2D eigenvalue weighted by Gasteiger charge is 2.19. The molecule has 0 spiro atoms. The summed E-state index contributed by atoms with van der Waals surface area (Å²) in [5.41, 5.74) is 2.23. The largest absolute Gasteiger partial charge is 0.493 e. The minimum atomic E-state index is -0.519. The number of anilines is 1. The van der Waals surface area contributed by atoms with Gasteiger partial charge in [-0.2, -0.15) is 5.26 Å². The Morgan fingerprint density at radius 3 is 2.49 bits per heavy atom. The maximum Gasteiger partial charge on any atom is 0.295 e. The maximum atomic E-state index is 13.0. The number of amides is 1. The van der Waals surface area contributed by atoms with Crippen molar-refractivity contribution < 1.29 is 14.3 Å². The molecule has 4 aromatic rings. The smallest absolute Gasteiger partial charge is 0.295 e. The molecule has 0 atom stereocenters. The van der Waals surface area contributed by atoms with Crippen molar-refractivity contribution in [3.8, 4) is 34.4 Å². The van der Waals surface area contributed by atoms with E-state index in [1.165, 1.54) is 11.8 Å². The zero-order valence-corrected chi connectivity index (χ0v) is 20.8. The Kier molecular flexibility index (Phi) is 6.97. The first kappa shape index (κ1) is 25.1. The number of nitrogens with zero attached hydrogens (tertiary/aromatic N) is 3. The lowest BCUT2D eigenvalue weighted by atomic mass is 10.0. The SMILES string of the molecule is COc1cc(-c2cc(C)[nH]c(=O)c2C#N)ccc1OCC(=O)Nc1c(C)n(C)n(-c2ccccc2)c1=O. The summed E-state index contributed by atoms with van der Waals surface area (Å²) in [5.74, 6) is 0.0801. The standard InChI is InChI=1S/C27H25N5O5/c1-16-12-20(21(14-28)26(34)29-16)18-10-11-22(23(13-18)36-4)37-15-24(33)30-25-17(2)31(3)32(27(25)35)19-8-6-5-7-9-19/h5-13H,15H2,1-4H3,(H,29,34)(H,30,33). The van der Waals surface area contributed by atoms with Crippen LogP contribution >= 0.6 is 0 Å². The molecule has 0 radical (unpaired) electrons. The number of hydrogen-bond acceptors (Lipinski definition) is 6. The highest BCUT2D eigenvalue weighted by molar-refractivity contribution is 5.92. The van der Waals surface area contributed by atoms with Crippen LogP contribution in [0.3, 0.4) is 0 Å². The summed E-state index contributed by atoms with van der Waals surface area (Å²) >= 11 is 0. The summed E-state index contributed by atoms with van der Waals surface area (Å²) in [6.45, 7) is 3.09. The van der Waals surface area contributed by atoms with Gasteiger partial charge in [-0.3, -0.25) is 19.1 Å². The predicted octanol–water partition coefficient (Wildman–Crippen LogP) is 3.05. The van der Waals surface area contributed by atoms with E-state index in [1.54, 1.807) is 62.0 Å². The normalized spacial score (nSPS) is 10.6. The molecule has 10 nitrogen and oxygen atoms in total. The number of carbonyl (C=O) groups excluding carboxylic acids is 1. The van der Waals surface area contributed by atoms with E-state index in [9.17, 15) is 19.6 Å². The van der Waals surface area contributed by atoms with Crippen molar-refractivity contribution in [2.75, 3.05) is 19.0 Å². The molecule has 0 bridgehead atoms. The van der Waals surface area contributed by atoms with Gasteiger partial charge >= 0.3 is 0 Å². The predicted molar refractivity (Wildman–Crippen MR) is 138 cm³/mol. The Bertz CT molecular complexity index is 1640. The third kappa shape index (κ3) is 4.88. The summed E-state index contributed by atoms with van der Waals surface area (Å²) in [4.78, 5) is 40.5. The van der Waals surface area contributed by atoms with E-state index in [2.05, 4.69) is 10.3 Å². The molecular weight excluding hydrogens is 474 g/mol. The zero-order chi connectivity index (χ0) is 26.7. The van der Waals surface area contributed by atoms with E-state index in [0.717, 1.165) is 0 Å². The van der Waals surface area contributed by atoms with E-state index in [4.69, 9.17) is 9.47 Å². The molecule has 2 aromatic carbocycles. The molecule has 4 rings (SSSR count). The van der Waals surface area contributed by atoms with Gasteiger partial charge in [-0.1, -0.05) is 24.3 Å². The number of aromatic nitrogens is 3. The zero-order valence-electron chi connectivity index (χ0n) is 20.8. The molecule has 2 N–H and O–H groups in total. The fraction of sp³-hybridized carbons (Fsp3) is 0.185. The number of hydrogen-bond donors (Lipinski definition) is 2. The van der Waals surface area contributed by atoms with Crippen LogP contribution in [0.25, 0.3) is 16.8 Å². The number of nitrogens with one attached hydrogen (secondary N) is 2. The van der Waals surface area contributed by atoms with Crippen molar-refractivity contribution >= 4 is 11.6 Å². The van der Waals surface area contributed by atoms with Gasteiger partial charge < -0.3 is 19.8 Å². The van der Waals surface area contributed by atoms with Gasteiger partial charge in [-0.05, 0) is 49.7 Å². The van der Waals surface area contributed by atoms with Gasteiger partial charge in [0.1, 0.15) is 17.3 Å². The molecular formula is C27H25N5O5. The van der Waals surface area contributed by atoms with Crippen molar-refractivity contribution in [1.82, 2.24) is 14.3 Å². The lowest BCUT2D eigenvalue weighted by Crippen LogP contribution is -2.25. The number of methoxy groups -OCH3 is 1. The monoisotopic (exact) mass is 499 g/mol. The first-order chi connectivity index (χ1) is 17.7. The highest BCUT2D eigenvalue weighted by Crippen LogP contribution is 2.33. The van der Waals surface area contributed by atoms with Gasteiger partial charge in [0.2, 0.25) is 0 Å². The fourth-order valence-corrected chi connectivity index (χ4v) is 4.01. The first-order valence-electron chi connectivity index (χ1n) is 11.3. The lowest BCUT2D eigenvalue weighted by molar-refractivity contribution is -0.118. The Morgan fingerprint density at radius 1 is 1.08 bits per heavy atom. The molecule has 0 aliphatic heterocycles. The summed E-state index contributed by atoms with van der Waals surface area (Å²) in [6.07, 6.45) is 0. The Labute approximate surface area is 212 Å². The second-order valence-corrected chi connectivity index (χ2v) is 8.32. The second-order valence-electron chi connectivity index (χ2n) is 8.32. The third-order valence-corrected chi connectivity index (χ3v) is 5.93. The van der Waals surface area contributed by atoms with Gasteiger partial charge in [0.25, 0.3) is 17.0 Å². The summed E-state index contributed by atoms with van der Waals surface area (Å²) in [6, 6.07) is 17.6. The molecule has 188 valence electrons. The number of nitriles is 1. The minimum absolute atomic E-state index is 0.0138. The summed E-state index contributed by atoms with van der Waals surface area (Å²) in [7, 11) is 3.18. The number of aryl methyl sites for hydroxylation is 1. The van der Waals surface area contributed by atoms with E-state index in [1.807, 2.05) is 24.3 Å². The average Bonchev–Trinajstić information content (AvgIpc) is 3.10. The van der Waals surface area contributed by atoms with Crippen molar-refractivity contribution in [3.63, 3.8) is 0 Å². The van der Waals surface area contributed by atoms with E-state index >= 15 is 0 Å². The van der Waals surface area contributed by atoms with Crippen LogP contribution in [0.15, 0.2) is 64.2 Å². The van der Waals surface area contributed by atoms with Crippen LogP contribution in [0.1, 0.15) is 17.0 Å². The van der Waals surface area contributed by atoms with Crippen LogP contribution in [0.5, 0.6) is 11.5 Å². The Hall–Kier alpha value is -5.04. The fourth-order valence-electron chi connectivity index (χ4n) is 4.01. The first-order valence-corrected chi connectivity index (χ1v) is 11.3. The number of carbonyl (C=O) groups is 1. The third-order valence-electron chi connectivity index (χ3n) is 5.93. The van der Waals surface area contributed by atoms with Crippen LogP contribution in [0.4, 0.5) is 5.69 Å². The van der Waals surface area contributed by atoms with Gasteiger partial charge in [0.15, 0.2) is 18.1 Å². The summed E-state index contributed by atoms with van der Waals surface area (Å²) < 4.78 is 14.2. The average molecular weight is 500 g/mol. The Morgan fingerprint density at radius 2 is 1.81 bits per heavy atom. The summed E-state index contributed by atoms with van der Waals surface area (Å²) in [5, 5.41) is 12.1. The van der Waals surface area contributed by atoms with Crippen LogP contribution in [-0.2, 0) is 11.8 Å². The second kappa shape index (κ2) is 10.3.